The van der Waals surface area contributed by atoms with Gasteiger partial charge in [0.05, 0.1) is 12.4 Å². The number of carbonyl (C=O) groups excluding carboxylic acids is 8. The van der Waals surface area contributed by atoms with Crippen LogP contribution in [0.4, 0.5) is 8.78 Å². The van der Waals surface area contributed by atoms with Gasteiger partial charge in [0.1, 0.15) is 53.9 Å². The zero-order valence-electron chi connectivity index (χ0n) is 42.4. The van der Waals surface area contributed by atoms with Crippen LogP contribution in [0, 0.1) is 17.6 Å². The molecule has 0 unspecified atom stereocenters. The quantitative estimate of drug-likeness (QED) is 0.0428. The van der Waals surface area contributed by atoms with Crippen LogP contribution in [0.5, 0.6) is 0 Å². The molecule has 1 aliphatic heterocycles. The van der Waals surface area contributed by atoms with Crippen molar-refractivity contribution in [1.82, 2.24) is 52.2 Å². The third-order valence-corrected chi connectivity index (χ3v) is 15.1. The first-order valence-corrected chi connectivity index (χ1v) is 27.5. The molecule has 0 bridgehead atoms. The van der Waals surface area contributed by atoms with Crippen LogP contribution in [-0.2, 0) is 64.0 Å². The molecule has 1 aliphatic rings. The number of nitrogens with two attached hydrogens (primary N) is 3. The molecule has 412 valence electrons. The lowest BCUT2D eigenvalue weighted by atomic mass is 10.00. The fraction of sp³-hybridized carbons (Fsp3) is 0.404. The summed E-state index contributed by atoms with van der Waals surface area (Å²) in [6.45, 7) is 3.59. The summed E-state index contributed by atoms with van der Waals surface area (Å²) in [6, 6.07) is 7.11. The second-order valence-corrected chi connectivity index (χ2v) is 21.5. The maximum absolute atomic E-state index is 14.7. The van der Waals surface area contributed by atoms with Gasteiger partial charge in [-0.3, -0.25) is 38.4 Å². The van der Waals surface area contributed by atoms with Crippen molar-refractivity contribution in [2.75, 3.05) is 18.1 Å². The fourth-order valence-corrected chi connectivity index (χ4v) is 10.7. The minimum absolute atomic E-state index is 0.0390. The molecule has 3 heterocycles. The number of fused-ring (bicyclic) bond motifs is 1. The van der Waals surface area contributed by atoms with Crippen molar-refractivity contribution in [1.29, 1.82) is 0 Å². The molecule has 25 heteroatoms. The monoisotopic (exact) mass is 1100 g/mol. The largest absolute Gasteiger partial charge is 0.368 e. The molecule has 77 heavy (non-hydrogen) atoms. The number of para-hydroxylation sites is 1. The van der Waals surface area contributed by atoms with Crippen LogP contribution >= 0.6 is 21.6 Å². The van der Waals surface area contributed by atoms with Gasteiger partial charge in [0, 0.05) is 59.8 Å². The summed E-state index contributed by atoms with van der Waals surface area (Å²) in [5.74, 6) is -8.62. The van der Waals surface area contributed by atoms with Gasteiger partial charge in [-0.15, -0.1) is 0 Å². The van der Waals surface area contributed by atoms with Crippen LogP contribution in [0.1, 0.15) is 55.5 Å². The second kappa shape index (κ2) is 28.7. The minimum atomic E-state index is -1.43. The summed E-state index contributed by atoms with van der Waals surface area (Å²) in [6.07, 6.45) is 4.99. The number of aromatic nitrogens is 3. The third kappa shape index (κ3) is 17.6. The molecule has 1 saturated heterocycles. The SMILES string of the molecule is CC(C)[C@@H]1NC(=O)[C@H](CCCCN)NC(=O)[C@@H](Cc2c[nH]c3ccccc23)NC(=O)[C@H](Cc2cnc[nH]2)NC(=O)[C@H](NC(=O)[C@@H](N)Cc2ccc(F)cc2)CSSC[C@@H](C(=O)N[C@@H](Cc2ccc(F)cc2)C(N)=O)NC1=O. The van der Waals surface area contributed by atoms with Gasteiger partial charge in [0.15, 0.2) is 0 Å². The fourth-order valence-electron chi connectivity index (χ4n) is 8.38. The zero-order chi connectivity index (χ0) is 55.6. The molecule has 0 saturated carbocycles. The van der Waals surface area contributed by atoms with E-state index in [9.17, 15) is 47.1 Å². The number of unbranched alkanes of at least 4 members (excludes halogenated alkanes) is 1. The molecule has 21 nitrogen and oxygen atoms in total. The number of primary amides is 1. The molecule has 8 amide bonds. The minimum Gasteiger partial charge on any atom is -0.368 e. The summed E-state index contributed by atoms with van der Waals surface area (Å²) >= 11 is 0. The number of rotatable bonds is 18. The molecule has 3 aromatic carbocycles. The van der Waals surface area contributed by atoms with E-state index >= 15 is 0 Å². The topological polar surface area (TPSA) is 343 Å². The van der Waals surface area contributed by atoms with Crippen molar-refractivity contribution < 1.29 is 47.1 Å². The van der Waals surface area contributed by atoms with E-state index in [0.29, 0.717) is 35.2 Å². The van der Waals surface area contributed by atoms with Crippen LogP contribution in [0.3, 0.4) is 0 Å². The average Bonchev–Trinajstić information content (AvgIpc) is 4.08. The number of hydrogen-bond acceptors (Lipinski definition) is 13. The summed E-state index contributed by atoms with van der Waals surface area (Å²) in [7, 11) is 2.00. The van der Waals surface area contributed by atoms with E-state index in [1.165, 1.54) is 61.1 Å². The lowest BCUT2D eigenvalue weighted by Crippen LogP contribution is -2.61. The lowest BCUT2D eigenvalue weighted by molar-refractivity contribution is -0.136. The first kappa shape index (κ1) is 58.9. The first-order valence-electron chi connectivity index (χ1n) is 25.0. The highest BCUT2D eigenvalue weighted by molar-refractivity contribution is 8.76. The highest BCUT2D eigenvalue weighted by Gasteiger charge is 2.36. The number of hydrogen-bond donors (Lipinski definition) is 12. The van der Waals surface area contributed by atoms with Crippen molar-refractivity contribution in [3.05, 3.63) is 126 Å². The van der Waals surface area contributed by atoms with Gasteiger partial charge in [-0.05, 0) is 85.2 Å². The summed E-state index contributed by atoms with van der Waals surface area (Å²) < 4.78 is 27.5. The summed E-state index contributed by atoms with van der Waals surface area (Å²) in [5, 5.41) is 19.8. The molecule has 5 aromatic rings. The van der Waals surface area contributed by atoms with Crippen molar-refractivity contribution in [2.24, 2.45) is 23.1 Å². The third-order valence-electron chi connectivity index (χ3n) is 12.7. The van der Waals surface area contributed by atoms with Crippen LogP contribution < -0.4 is 54.4 Å². The van der Waals surface area contributed by atoms with E-state index in [2.05, 4.69) is 52.2 Å². The zero-order valence-corrected chi connectivity index (χ0v) is 44.1. The Labute approximate surface area is 451 Å². The second-order valence-electron chi connectivity index (χ2n) is 19.0. The van der Waals surface area contributed by atoms with Crippen LogP contribution in [0.25, 0.3) is 10.9 Å². The molecule has 6 rings (SSSR count). The number of H-pyrrole nitrogens is 2. The van der Waals surface area contributed by atoms with E-state index in [1.54, 1.807) is 20.0 Å². The smallest absolute Gasteiger partial charge is 0.244 e. The lowest BCUT2D eigenvalue weighted by Gasteiger charge is -2.29. The van der Waals surface area contributed by atoms with Gasteiger partial charge in [-0.1, -0.05) is 77.9 Å². The van der Waals surface area contributed by atoms with Crippen molar-refractivity contribution >= 4 is 79.7 Å². The van der Waals surface area contributed by atoms with Gasteiger partial charge in [-0.2, -0.15) is 0 Å². The number of nitrogens with zero attached hydrogens (tertiary/aromatic N) is 1. The standard InChI is InChI=1S/C52H65F2N13O8S2/c1-28(2)44-52(75)66-43(50(73)62-39(45(57)68)20-30-12-16-33(54)17-13-30)26-77-76-25-42(65-46(69)36(56)19-29-10-14-32(53)15-11-29)51(74)64-41(22-34-24-58-27-60-34)49(72)63-40(21-31-23-59-37-8-4-3-7-35(31)37)48(71)61-38(47(70)67-44)9-5-6-18-55/h3-4,7-8,10-17,23-24,27-28,36,38-44,59H,5-6,9,18-22,25-26,55-56H2,1-2H3,(H2,57,68)(H,58,60)(H,61,71)(H,62,73)(H,63,72)(H,64,74)(H,65,69)(H,66,75)(H,67,70)/t36-,38-,39-,40+,41-,42+,43-,44-/m0/s1. The first-order chi connectivity index (χ1) is 36.9. The Kier molecular flexibility index (Phi) is 21.9. The Bertz CT molecular complexity index is 2820. The van der Waals surface area contributed by atoms with Crippen molar-refractivity contribution in [2.45, 2.75) is 107 Å². The number of nitrogens with one attached hydrogen (secondary N) is 9. The van der Waals surface area contributed by atoms with Crippen LogP contribution in [0.15, 0.2) is 91.5 Å². The molecular formula is C52H65F2N13O8S2. The number of halogens is 2. The molecule has 0 aliphatic carbocycles. The van der Waals surface area contributed by atoms with Gasteiger partial charge in [-0.25, -0.2) is 13.8 Å². The van der Waals surface area contributed by atoms with Gasteiger partial charge in [0.25, 0.3) is 0 Å². The molecular weight excluding hydrogens is 1040 g/mol. The van der Waals surface area contributed by atoms with Crippen LogP contribution in [0.2, 0.25) is 0 Å². The van der Waals surface area contributed by atoms with E-state index in [0.717, 1.165) is 32.5 Å². The van der Waals surface area contributed by atoms with E-state index in [1.807, 2.05) is 24.3 Å². The Morgan fingerprint density at radius 1 is 0.727 bits per heavy atom. The van der Waals surface area contributed by atoms with Crippen molar-refractivity contribution in [3.63, 3.8) is 0 Å². The van der Waals surface area contributed by atoms with Gasteiger partial charge >= 0.3 is 0 Å². The molecule has 0 spiro atoms. The predicted molar refractivity (Wildman–Crippen MR) is 288 cm³/mol. The highest BCUT2D eigenvalue weighted by atomic mass is 33.1. The predicted octanol–water partition coefficient (Wildman–Crippen LogP) is 0.826. The van der Waals surface area contributed by atoms with Gasteiger partial charge < -0.3 is 64.4 Å². The van der Waals surface area contributed by atoms with E-state index in [-0.39, 0.29) is 50.2 Å². The molecule has 15 N–H and O–H groups in total. The Balaban J connectivity index is 1.37. The maximum Gasteiger partial charge on any atom is 0.244 e. The summed E-state index contributed by atoms with van der Waals surface area (Å²) in [5.41, 5.74) is 20.7. The normalized spacial score (nSPS) is 21.2. The number of benzene rings is 3. The van der Waals surface area contributed by atoms with E-state index < -0.39 is 113 Å². The Hall–Kier alpha value is -7.35. The molecule has 8 atom stereocenters. The van der Waals surface area contributed by atoms with Crippen molar-refractivity contribution in [3.8, 4) is 0 Å². The van der Waals surface area contributed by atoms with Crippen LogP contribution in [-0.4, -0.2) is 129 Å². The number of amides is 8. The number of imidazole rings is 1. The van der Waals surface area contributed by atoms with Gasteiger partial charge in [0.2, 0.25) is 47.3 Å². The highest BCUT2D eigenvalue weighted by Crippen LogP contribution is 2.25. The summed E-state index contributed by atoms with van der Waals surface area (Å²) in [4.78, 5) is 124. The molecule has 2 aromatic heterocycles. The maximum atomic E-state index is 14.7. The molecule has 0 radical (unpaired) electrons. The number of carbonyl (C=O) groups is 8. The average molecular weight is 1100 g/mol. The number of aromatic amines is 2. The Morgan fingerprint density at radius 3 is 1.97 bits per heavy atom. The van der Waals surface area contributed by atoms with E-state index in [4.69, 9.17) is 17.2 Å². The molecule has 1 fully saturated rings. The Morgan fingerprint density at radius 2 is 1.34 bits per heavy atom.